The molecule has 0 saturated heterocycles. The largest absolute Gasteiger partial charge is 0.497 e. The van der Waals surface area contributed by atoms with Crippen molar-refractivity contribution in [2.75, 3.05) is 20.8 Å². The molecule has 0 aromatic heterocycles. The standard InChI is InChI=1S/C20H32O5/c1-14(2)13-25-20(22)19-16(10-8-6-7-9-15(3)21)11-17(23-4)12-18(19)24-5/h11-12,14-15,21H,6-10,13H2,1-5H3/t15-/m1/s1. The lowest BCUT2D eigenvalue weighted by molar-refractivity contribution is 0.0454. The van der Waals surface area contributed by atoms with Crippen LogP contribution in [0.5, 0.6) is 11.5 Å². The number of methoxy groups -OCH3 is 2. The van der Waals surface area contributed by atoms with Crippen molar-refractivity contribution in [1.82, 2.24) is 0 Å². The fourth-order valence-corrected chi connectivity index (χ4v) is 2.60. The molecule has 5 heteroatoms. The van der Waals surface area contributed by atoms with E-state index in [9.17, 15) is 9.90 Å². The third-order valence-electron chi connectivity index (χ3n) is 3.93. The van der Waals surface area contributed by atoms with Crippen LogP contribution in [-0.4, -0.2) is 38.0 Å². The van der Waals surface area contributed by atoms with E-state index in [-0.39, 0.29) is 18.0 Å². The van der Waals surface area contributed by atoms with Crippen molar-refractivity contribution in [3.8, 4) is 11.5 Å². The number of rotatable bonds is 11. The van der Waals surface area contributed by atoms with E-state index in [0.29, 0.717) is 23.7 Å². The van der Waals surface area contributed by atoms with Crippen LogP contribution in [0.25, 0.3) is 0 Å². The van der Waals surface area contributed by atoms with Gasteiger partial charge in [-0.1, -0.05) is 26.7 Å². The molecule has 0 bridgehead atoms. The first-order chi connectivity index (χ1) is 11.9. The second kappa shape index (κ2) is 11.0. The molecule has 0 spiro atoms. The Bertz CT molecular complexity index is 537. The number of carbonyl (C=O) groups is 1. The van der Waals surface area contributed by atoms with Gasteiger partial charge in [0.15, 0.2) is 0 Å². The maximum atomic E-state index is 12.6. The van der Waals surface area contributed by atoms with E-state index in [0.717, 1.165) is 37.7 Å². The molecular formula is C20H32O5. The van der Waals surface area contributed by atoms with E-state index < -0.39 is 0 Å². The minimum absolute atomic E-state index is 0.265. The number of benzene rings is 1. The average molecular weight is 352 g/mol. The zero-order valence-electron chi connectivity index (χ0n) is 16.1. The van der Waals surface area contributed by atoms with Crippen LogP contribution >= 0.6 is 0 Å². The predicted molar refractivity (Wildman–Crippen MR) is 98.5 cm³/mol. The molecule has 1 rings (SSSR count). The number of ether oxygens (including phenoxy) is 3. The molecule has 0 aliphatic heterocycles. The molecule has 0 fully saturated rings. The number of aliphatic hydroxyl groups excluding tert-OH is 1. The molecule has 0 unspecified atom stereocenters. The highest BCUT2D eigenvalue weighted by molar-refractivity contribution is 5.94. The van der Waals surface area contributed by atoms with Crippen molar-refractivity contribution in [1.29, 1.82) is 0 Å². The number of carbonyl (C=O) groups excluding carboxylic acids is 1. The van der Waals surface area contributed by atoms with Gasteiger partial charge in [0.1, 0.15) is 17.1 Å². The van der Waals surface area contributed by atoms with E-state index in [1.54, 1.807) is 27.2 Å². The summed E-state index contributed by atoms with van der Waals surface area (Å²) in [4.78, 5) is 12.6. The Kier molecular flexibility index (Phi) is 9.35. The monoisotopic (exact) mass is 352 g/mol. The molecule has 1 aromatic carbocycles. The zero-order chi connectivity index (χ0) is 18.8. The average Bonchev–Trinajstić information content (AvgIpc) is 2.58. The molecule has 5 nitrogen and oxygen atoms in total. The van der Waals surface area contributed by atoms with E-state index in [1.165, 1.54) is 0 Å². The molecule has 0 aliphatic rings. The molecule has 0 saturated carbocycles. The molecule has 1 N–H and O–H groups in total. The van der Waals surface area contributed by atoms with Gasteiger partial charge in [-0.15, -0.1) is 0 Å². The fraction of sp³-hybridized carbons (Fsp3) is 0.650. The Labute approximate surface area is 151 Å². The van der Waals surface area contributed by atoms with Gasteiger partial charge in [-0.25, -0.2) is 4.79 Å². The predicted octanol–water partition coefficient (Wildman–Crippen LogP) is 4.00. The maximum absolute atomic E-state index is 12.6. The van der Waals surface area contributed by atoms with E-state index in [2.05, 4.69) is 0 Å². The lowest BCUT2D eigenvalue weighted by atomic mass is 9.99. The molecule has 0 heterocycles. The third kappa shape index (κ3) is 7.34. The Morgan fingerprint density at radius 3 is 2.36 bits per heavy atom. The molecule has 142 valence electrons. The lowest BCUT2D eigenvalue weighted by Gasteiger charge is -2.16. The number of aryl methyl sites for hydroxylation is 1. The van der Waals surface area contributed by atoms with Crippen molar-refractivity contribution in [2.45, 2.75) is 59.0 Å². The summed E-state index contributed by atoms with van der Waals surface area (Å²) in [7, 11) is 3.14. The quantitative estimate of drug-likeness (QED) is 0.482. The first-order valence-electron chi connectivity index (χ1n) is 8.99. The van der Waals surface area contributed by atoms with Crippen LogP contribution in [0.3, 0.4) is 0 Å². The molecule has 0 aliphatic carbocycles. The summed E-state index contributed by atoms with van der Waals surface area (Å²) in [5.41, 5.74) is 1.36. The summed E-state index contributed by atoms with van der Waals surface area (Å²) in [5, 5.41) is 9.33. The van der Waals surface area contributed by atoms with E-state index >= 15 is 0 Å². The molecule has 0 radical (unpaired) electrons. The van der Waals surface area contributed by atoms with Crippen LogP contribution in [0.1, 0.15) is 62.4 Å². The van der Waals surface area contributed by atoms with Gasteiger partial charge < -0.3 is 19.3 Å². The normalized spacial score (nSPS) is 12.1. The molecule has 1 aromatic rings. The highest BCUT2D eigenvalue weighted by Gasteiger charge is 2.21. The Morgan fingerprint density at radius 2 is 1.80 bits per heavy atom. The van der Waals surface area contributed by atoms with Crippen LogP contribution < -0.4 is 9.47 Å². The van der Waals surface area contributed by atoms with Gasteiger partial charge in [0.2, 0.25) is 0 Å². The van der Waals surface area contributed by atoms with Gasteiger partial charge in [0, 0.05) is 6.07 Å². The van der Waals surface area contributed by atoms with Crippen molar-refractivity contribution in [2.24, 2.45) is 5.92 Å². The summed E-state index contributed by atoms with van der Waals surface area (Å²) in [6, 6.07) is 3.59. The topological polar surface area (TPSA) is 65.0 Å². The van der Waals surface area contributed by atoms with Crippen molar-refractivity contribution >= 4 is 5.97 Å². The number of hydrogen-bond acceptors (Lipinski definition) is 5. The minimum atomic E-state index is -0.354. The summed E-state index contributed by atoms with van der Waals surface area (Å²) >= 11 is 0. The van der Waals surface area contributed by atoms with Gasteiger partial charge in [-0.2, -0.15) is 0 Å². The Balaban J connectivity index is 2.92. The van der Waals surface area contributed by atoms with Crippen LogP contribution in [0.15, 0.2) is 12.1 Å². The number of unbranched alkanes of at least 4 members (excludes halogenated alkanes) is 2. The Morgan fingerprint density at radius 1 is 1.08 bits per heavy atom. The summed E-state index contributed by atoms with van der Waals surface area (Å²) in [6.07, 6.45) is 4.15. The van der Waals surface area contributed by atoms with Gasteiger partial charge in [-0.05, 0) is 43.7 Å². The molecule has 0 amide bonds. The Hall–Kier alpha value is -1.75. The fourth-order valence-electron chi connectivity index (χ4n) is 2.60. The van der Waals surface area contributed by atoms with Crippen molar-refractivity contribution < 1.29 is 24.1 Å². The summed E-state index contributed by atoms with van der Waals surface area (Å²) in [5.74, 6) is 1.06. The highest BCUT2D eigenvalue weighted by atomic mass is 16.5. The maximum Gasteiger partial charge on any atom is 0.342 e. The van der Waals surface area contributed by atoms with Crippen molar-refractivity contribution in [3.63, 3.8) is 0 Å². The van der Waals surface area contributed by atoms with Crippen LogP contribution in [0.4, 0.5) is 0 Å². The second-order valence-electron chi connectivity index (χ2n) is 6.80. The number of aliphatic hydroxyl groups is 1. The zero-order valence-corrected chi connectivity index (χ0v) is 16.1. The number of esters is 1. The van der Waals surface area contributed by atoms with Crippen LogP contribution in [0, 0.1) is 5.92 Å². The van der Waals surface area contributed by atoms with Gasteiger partial charge >= 0.3 is 5.97 Å². The lowest BCUT2D eigenvalue weighted by Crippen LogP contribution is -2.14. The smallest absolute Gasteiger partial charge is 0.342 e. The van der Waals surface area contributed by atoms with Gasteiger partial charge in [0.05, 0.1) is 26.9 Å². The minimum Gasteiger partial charge on any atom is -0.497 e. The SMILES string of the molecule is COc1cc(CCCCC[C@@H](C)O)c(C(=O)OCC(C)C)c(OC)c1. The van der Waals surface area contributed by atoms with Gasteiger partial charge in [0.25, 0.3) is 0 Å². The summed E-state index contributed by atoms with van der Waals surface area (Å²) in [6.45, 7) is 6.18. The van der Waals surface area contributed by atoms with E-state index in [1.807, 2.05) is 19.9 Å². The summed E-state index contributed by atoms with van der Waals surface area (Å²) < 4.78 is 16.1. The molecule has 1 atom stereocenters. The van der Waals surface area contributed by atoms with E-state index in [4.69, 9.17) is 14.2 Å². The highest BCUT2D eigenvalue weighted by Crippen LogP contribution is 2.31. The first kappa shape index (κ1) is 21.3. The van der Waals surface area contributed by atoms with Crippen LogP contribution in [0.2, 0.25) is 0 Å². The molecular weight excluding hydrogens is 320 g/mol. The van der Waals surface area contributed by atoms with Crippen molar-refractivity contribution in [3.05, 3.63) is 23.3 Å². The number of hydrogen-bond donors (Lipinski definition) is 1. The third-order valence-corrected chi connectivity index (χ3v) is 3.93. The van der Waals surface area contributed by atoms with Crippen LogP contribution in [-0.2, 0) is 11.2 Å². The van der Waals surface area contributed by atoms with Gasteiger partial charge in [-0.3, -0.25) is 0 Å². The first-order valence-corrected chi connectivity index (χ1v) is 8.99. The second-order valence-corrected chi connectivity index (χ2v) is 6.80. The molecule has 25 heavy (non-hydrogen) atoms.